The summed E-state index contributed by atoms with van der Waals surface area (Å²) in [7, 11) is -4.06. The van der Waals surface area contributed by atoms with Gasteiger partial charge in [-0.05, 0) is 42.0 Å². The monoisotopic (exact) mass is 431 g/mol. The van der Waals surface area contributed by atoms with E-state index in [0.29, 0.717) is 22.0 Å². The fraction of sp³-hybridized carbons (Fsp3) is 0. The van der Waals surface area contributed by atoms with Gasteiger partial charge in [0, 0.05) is 17.0 Å². The molecule has 6 nitrogen and oxygen atoms in total. The van der Waals surface area contributed by atoms with Gasteiger partial charge in [-0.1, -0.05) is 54.6 Å². The van der Waals surface area contributed by atoms with E-state index in [9.17, 15) is 18.0 Å². The lowest BCUT2D eigenvalue weighted by molar-refractivity contribution is -0.131. The molecule has 0 atom stereocenters. The van der Waals surface area contributed by atoms with Gasteiger partial charge in [0.2, 0.25) is 5.78 Å². The van der Waals surface area contributed by atoms with Gasteiger partial charge in [0.1, 0.15) is 5.69 Å². The fourth-order valence-electron chi connectivity index (χ4n) is 3.33. The number of ketones is 1. The van der Waals surface area contributed by atoms with Gasteiger partial charge in [-0.15, -0.1) is 0 Å². The molecule has 0 aliphatic carbocycles. The van der Waals surface area contributed by atoms with E-state index in [1.165, 1.54) is 24.3 Å². The zero-order valence-electron chi connectivity index (χ0n) is 16.2. The molecule has 0 amide bonds. The zero-order valence-corrected chi connectivity index (χ0v) is 17.0. The van der Waals surface area contributed by atoms with Crippen LogP contribution >= 0.6 is 0 Å². The van der Waals surface area contributed by atoms with E-state index >= 15 is 0 Å². The Labute approximate surface area is 178 Å². The molecule has 0 aliphatic heterocycles. The summed E-state index contributed by atoms with van der Waals surface area (Å²) in [6, 6.07) is 22.7. The van der Waals surface area contributed by atoms with E-state index in [1.54, 1.807) is 66.7 Å². The van der Waals surface area contributed by atoms with Crippen molar-refractivity contribution in [3.8, 4) is 0 Å². The number of hydrogen-bond donors (Lipinski definition) is 1. The van der Waals surface area contributed by atoms with E-state index in [2.05, 4.69) is 0 Å². The highest BCUT2D eigenvalue weighted by molar-refractivity contribution is 7.90. The van der Waals surface area contributed by atoms with Crippen LogP contribution in [-0.4, -0.2) is 29.2 Å². The number of carboxylic acids is 1. The average Bonchev–Trinajstić information content (AvgIpc) is 3.18. The van der Waals surface area contributed by atoms with E-state index in [1.807, 2.05) is 0 Å². The van der Waals surface area contributed by atoms with Crippen molar-refractivity contribution in [2.24, 2.45) is 0 Å². The van der Waals surface area contributed by atoms with E-state index in [4.69, 9.17) is 5.11 Å². The predicted octanol–water partition coefficient (Wildman–Crippen LogP) is 4.21. The summed E-state index contributed by atoms with van der Waals surface area (Å²) in [5.41, 5.74) is 1.27. The first kappa shape index (κ1) is 20.3. The number of hydrogen-bond acceptors (Lipinski definition) is 4. The molecule has 0 bridgehead atoms. The van der Waals surface area contributed by atoms with E-state index in [0.717, 1.165) is 10.0 Å². The Kier molecular flexibility index (Phi) is 5.27. The molecule has 1 aromatic heterocycles. The van der Waals surface area contributed by atoms with Gasteiger partial charge >= 0.3 is 5.97 Å². The van der Waals surface area contributed by atoms with Gasteiger partial charge in [0.05, 0.1) is 10.4 Å². The van der Waals surface area contributed by atoms with Crippen LogP contribution in [0.2, 0.25) is 0 Å². The molecule has 0 fully saturated rings. The molecule has 0 aliphatic rings. The molecule has 3 aromatic carbocycles. The third-order valence-electron chi connectivity index (χ3n) is 4.75. The Morgan fingerprint density at radius 2 is 1.48 bits per heavy atom. The summed E-state index contributed by atoms with van der Waals surface area (Å²) < 4.78 is 28.0. The summed E-state index contributed by atoms with van der Waals surface area (Å²) in [6.07, 6.45) is 2.40. The fourth-order valence-corrected chi connectivity index (χ4v) is 4.86. The van der Waals surface area contributed by atoms with Gasteiger partial charge < -0.3 is 5.11 Å². The number of benzene rings is 3. The van der Waals surface area contributed by atoms with Crippen LogP contribution in [0.5, 0.6) is 0 Å². The number of carbonyl (C=O) groups is 2. The van der Waals surface area contributed by atoms with Crippen LogP contribution in [-0.2, 0) is 14.8 Å². The van der Waals surface area contributed by atoms with Crippen molar-refractivity contribution < 1.29 is 23.1 Å². The van der Waals surface area contributed by atoms with Crippen molar-refractivity contribution in [3.05, 3.63) is 108 Å². The van der Waals surface area contributed by atoms with Crippen LogP contribution in [0, 0.1) is 0 Å². The van der Waals surface area contributed by atoms with Gasteiger partial charge in [-0.25, -0.2) is 17.2 Å². The Morgan fingerprint density at radius 3 is 2.13 bits per heavy atom. The molecule has 4 aromatic rings. The highest BCUT2D eigenvalue weighted by Gasteiger charge is 2.26. The second-order valence-corrected chi connectivity index (χ2v) is 8.58. The number of aromatic nitrogens is 1. The maximum atomic E-state index is 13.5. The van der Waals surface area contributed by atoms with Crippen LogP contribution in [0.25, 0.3) is 17.0 Å². The zero-order chi connectivity index (χ0) is 22.0. The normalized spacial score (nSPS) is 11.7. The molecule has 4 rings (SSSR count). The van der Waals surface area contributed by atoms with Crippen molar-refractivity contribution in [1.82, 2.24) is 3.97 Å². The highest BCUT2D eigenvalue weighted by Crippen LogP contribution is 2.28. The van der Waals surface area contributed by atoms with Gasteiger partial charge in [0.25, 0.3) is 10.0 Å². The summed E-state index contributed by atoms with van der Waals surface area (Å²) in [5, 5.41) is 9.36. The highest BCUT2D eigenvalue weighted by atomic mass is 32.2. The largest absolute Gasteiger partial charge is 0.478 e. The molecular formula is C24H17NO5S. The topological polar surface area (TPSA) is 93.4 Å². The maximum Gasteiger partial charge on any atom is 0.328 e. The first-order valence-corrected chi connectivity index (χ1v) is 10.8. The van der Waals surface area contributed by atoms with E-state index in [-0.39, 0.29) is 10.6 Å². The minimum absolute atomic E-state index is 0.00409. The molecule has 7 heteroatoms. The van der Waals surface area contributed by atoms with Crippen molar-refractivity contribution in [1.29, 1.82) is 0 Å². The van der Waals surface area contributed by atoms with Gasteiger partial charge in [-0.3, -0.25) is 4.79 Å². The molecule has 1 heterocycles. The van der Waals surface area contributed by atoms with Crippen molar-refractivity contribution in [2.45, 2.75) is 4.90 Å². The number of nitrogens with zero attached hydrogens (tertiary/aromatic N) is 1. The number of carbonyl (C=O) groups excluding carboxylic acids is 1. The smallest absolute Gasteiger partial charge is 0.328 e. The number of fused-ring (bicyclic) bond motifs is 1. The first-order chi connectivity index (χ1) is 14.9. The van der Waals surface area contributed by atoms with Crippen LogP contribution in [0.3, 0.4) is 0 Å². The molecule has 154 valence electrons. The Balaban J connectivity index is 1.97. The molecule has 31 heavy (non-hydrogen) atoms. The average molecular weight is 431 g/mol. The van der Waals surface area contributed by atoms with Gasteiger partial charge in [0.15, 0.2) is 0 Å². The second kappa shape index (κ2) is 8.04. The number of carboxylic acid groups (broad SMARTS) is 1. The van der Waals surface area contributed by atoms with Crippen LogP contribution in [0.15, 0.2) is 95.9 Å². The van der Waals surface area contributed by atoms with Crippen molar-refractivity contribution >= 4 is 38.8 Å². The standard InChI is InChI=1S/C24H17NO5S/c26-23(27)14-12-17-11-13-21-19(15-17)16-22(24(28)18-7-3-1-4-8-18)25(21)31(29,30)20-9-5-2-6-10-20/h1-16H,(H,26,27)/b14-12+. The molecule has 0 spiro atoms. The Hall–Kier alpha value is -3.97. The molecule has 1 N–H and O–H groups in total. The van der Waals surface area contributed by atoms with Crippen molar-refractivity contribution in [3.63, 3.8) is 0 Å². The Morgan fingerprint density at radius 1 is 0.839 bits per heavy atom. The summed E-state index contributed by atoms with van der Waals surface area (Å²) >= 11 is 0. The quantitative estimate of drug-likeness (QED) is 0.365. The molecule has 0 saturated heterocycles. The van der Waals surface area contributed by atoms with Crippen molar-refractivity contribution in [2.75, 3.05) is 0 Å². The van der Waals surface area contributed by atoms with Crippen LogP contribution in [0.4, 0.5) is 0 Å². The minimum atomic E-state index is -4.06. The molecular weight excluding hydrogens is 414 g/mol. The van der Waals surface area contributed by atoms with Crippen LogP contribution in [0.1, 0.15) is 21.6 Å². The first-order valence-electron chi connectivity index (χ1n) is 9.35. The molecule has 0 unspecified atom stereocenters. The molecule has 0 saturated carbocycles. The third-order valence-corrected chi connectivity index (χ3v) is 6.49. The lowest BCUT2D eigenvalue weighted by Crippen LogP contribution is -2.19. The third kappa shape index (κ3) is 3.91. The number of aliphatic carboxylic acids is 1. The summed E-state index contributed by atoms with van der Waals surface area (Å²) in [5.74, 6) is -1.52. The second-order valence-electron chi connectivity index (χ2n) is 6.80. The van der Waals surface area contributed by atoms with E-state index < -0.39 is 21.8 Å². The Bertz CT molecular complexity index is 1420. The summed E-state index contributed by atoms with van der Waals surface area (Å²) in [6.45, 7) is 0. The minimum Gasteiger partial charge on any atom is -0.478 e. The predicted molar refractivity (Wildman–Crippen MR) is 118 cm³/mol. The number of rotatable bonds is 6. The molecule has 0 radical (unpaired) electrons. The maximum absolute atomic E-state index is 13.5. The van der Waals surface area contributed by atoms with Crippen LogP contribution < -0.4 is 0 Å². The lowest BCUT2D eigenvalue weighted by Gasteiger charge is -2.11. The SMILES string of the molecule is O=C(O)/C=C/c1ccc2c(c1)cc(C(=O)c1ccccc1)n2S(=O)(=O)c1ccccc1. The summed E-state index contributed by atoms with van der Waals surface area (Å²) in [4.78, 5) is 24.1. The van der Waals surface area contributed by atoms with Gasteiger partial charge in [-0.2, -0.15) is 0 Å². The lowest BCUT2D eigenvalue weighted by atomic mass is 10.1.